The third kappa shape index (κ3) is 6.07. The number of thiazole rings is 1. The quantitative estimate of drug-likeness (QED) is 0.278. The van der Waals surface area contributed by atoms with Gasteiger partial charge in [0.25, 0.3) is 17.7 Å². The molecular weight excluding hydrogens is 595 g/mol. The number of likely N-dealkylation sites (tertiary alicyclic amines) is 1. The van der Waals surface area contributed by atoms with Crippen molar-refractivity contribution in [3.05, 3.63) is 113 Å². The number of fused-ring (bicyclic) bond motifs is 8. The Morgan fingerprint density at radius 1 is 0.933 bits per heavy atom. The molecule has 0 saturated carbocycles. The van der Waals surface area contributed by atoms with Crippen LogP contribution in [0.3, 0.4) is 0 Å². The predicted octanol–water partition coefficient (Wildman–Crippen LogP) is 4.81. The van der Waals surface area contributed by atoms with Crippen LogP contribution < -0.4 is 20.1 Å². The summed E-state index contributed by atoms with van der Waals surface area (Å²) in [6.45, 7) is 0.492. The number of ether oxygens (including phenoxy) is 2. The molecule has 11 heteroatoms. The Labute approximate surface area is 261 Å². The van der Waals surface area contributed by atoms with Gasteiger partial charge in [-0.15, -0.1) is 11.3 Å². The third-order valence-electron chi connectivity index (χ3n) is 7.90. The van der Waals surface area contributed by atoms with Gasteiger partial charge in [0.05, 0.1) is 33.9 Å². The van der Waals surface area contributed by atoms with Gasteiger partial charge < -0.3 is 25.0 Å². The summed E-state index contributed by atoms with van der Waals surface area (Å²) in [4.78, 5) is 45.6. The summed E-state index contributed by atoms with van der Waals surface area (Å²) in [6, 6.07) is 23.3. The standard InChI is InChI=1S/C34H27FN4O5S/c35-27-10-6-22-13-26(27)33(41)38-29-16-39(34(42)23-7-11-28-31(14-23)45-19-37-28)17-30(29)44-24-8-4-20(5-9-24)15-36-32(40)18-43-25-3-1-2-21(22)12-25/h1-14,19,29-30H,15-18H2,(H,36,40)(H,38,41)/t29-,30-/m0/s1. The molecule has 6 bridgehead atoms. The molecule has 1 aromatic heterocycles. The first kappa shape index (κ1) is 28.5. The third-order valence-corrected chi connectivity index (χ3v) is 8.69. The lowest BCUT2D eigenvalue weighted by Gasteiger charge is -2.21. The fraction of sp³-hybridized carbons (Fsp3) is 0.176. The molecule has 5 aromatic rings. The van der Waals surface area contributed by atoms with Crippen molar-refractivity contribution in [2.45, 2.75) is 18.7 Å². The van der Waals surface area contributed by atoms with Crippen molar-refractivity contribution in [3.8, 4) is 22.6 Å². The maximum atomic E-state index is 15.1. The first-order valence-electron chi connectivity index (χ1n) is 14.4. The molecule has 2 N–H and O–H groups in total. The Morgan fingerprint density at radius 3 is 2.64 bits per heavy atom. The van der Waals surface area contributed by atoms with Crippen LogP contribution in [-0.4, -0.2) is 59.4 Å². The van der Waals surface area contributed by atoms with Crippen molar-refractivity contribution in [2.24, 2.45) is 0 Å². The van der Waals surface area contributed by atoms with E-state index in [0.717, 1.165) is 15.8 Å². The average molecular weight is 623 g/mol. The molecule has 226 valence electrons. The van der Waals surface area contributed by atoms with Crippen molar-refractivity contribution in [2.75, 3.05) is 19.7 Å². The van der Waals surface area contributed by atoms with E-state index in [4.69, 9.17) is 9.47 Å². The highest BCUT2D eigenvalue weighted by Crippen LogP contribution is 2.28. The molecule has 3 aliphatic heterocycles. The van der Waals surface area contributed by atoms with Crippen molar-refractivity contribution in [1.29, 1.82) is 0 Å². The van der Waals surface area contributed by atoms with Crippen LogP contribution in [0, 0.1) is 5.82 Å². The summed E-state index contributed by atoms with van der Waals surface area (Å²) in [6.07, 6.45) is -0.610. The first-order valence-corrected chi connectivity index (χ1v) is 15.3. The molecular formula is C34H27FN4O5S. The number of halogens is 1. The number of benzene rings is 4. The zero-order chi connectivity index (χ0) is 30.9. The smallest absolute Gasteiger partial charge is 0.258 e. The number of amides is 3. The first-order chi connectivity index (χ1) is 21.9. The molecule has 45 heavy (non-hydrogen) atoms. The van der Waals surface area contributed by atoms with Gasteiger partial charge in [-0.25, -0.2) is 9.37 Å². The topological polar surface area (TPSA) is 110 Å². The Morgan fingerprint density at radius 2 is 1.78 bits per heavy atom. The Bertz CT molecular complexity index is 1930. The fourth-order valence-corrected chi connectivity index (χ4v) is 6.24. The van der Waals surface area contributed by atoms with E-state index in [1.165, 1.54) is 23.5 Å². The van der Waals surface area contributed by atoms with Crippen molar-refractivity contribution in [1.82, 2.24) is 20.5 Å². The summed E-state index contributed by atoms with van der Waals surface area (Å²) in [7, 11) is 0. The Kier molecular flexibility index (Phi) is 7.60. The molecule has 0 radical (unpaired) electrons. The van der Waals surface area contributed by atoms with Crippen LogP contribution in [0.5, 0.6) is 11.5 Å². The number of nitrogens with zero attached hydrogens (tertiary/aromatic N) is 2. The van der Waals surface area contributed by atoms with E-state index in [-0.39, 0.29) is 37.1 Å². The largest absolute Gasteiger partial charge is 0.486 e. The van der Waals surface area contributed by atoms with E-state index >= 15 is 4.39 Å². The fourth-order valence-electron chi connectivity index (χ4n) is 5.52. The van der Waals surface area contributed by atoms with Gasteiger partial charge >= 0.3 is 0 Å². The molecule has 0 aliphatic carbocycles. The van der Waals surface area contributed by atoms with Crippen LogP contribution in [0.25, 0.3) is 21.3 Å². The van der Waals surface area contributed by atoms with Gasteiger partial charge in [0.15, 0.2) is 6.61 Å². The molecule has 8 rings (SSSR count). The Hall–Kier alpha value is -5.29. The monoisotopic (exact) mass is 622 g/mol. The molecule has 0 unspecified atom stereocenters. The summed E-state index contributed by atoms with van der Waals surface area (Å²) in [5.74, 6) is -0.811. The molecule has 9 nitrogen and oxygen atoms in total. The lowest BCUT2D eigenvalue weighted by Crippen LogP contribution is -2.45. The van der Waals surface area contributed by atoms with Gasteiger partial charge in [0.2, 0.25) is 0 Å². The van der Waals surface area contributed by atoms with Gasteiger partial charge in [-0.1, -0.05) is 30.3 Å². The Balaban J connectivity index is 1.21. The number of hydrogen-bond acceptors (Lipinski definition) is 7. The zero-order valence-electron chi connectivity index (χ0n) is 23.9. The van der Waals surface area contributed by atoms with Crippen LogP contribution in [-0.2, 0) is 11.3 Å². The minimum absolute atomic E-state index is 0.142. The van der Waals surface area contributed by atoms with Gasteiger partial charge in [-0.2, -0.15) is 0 Å². The lowest BCUT2D eigenvalue weighted by molar-refractivity contribution is -0.123. The van der Waals surface area contributed by atoms with Gasteiger partial charge in [-0.3, -0.25) is 14.4 Å². The van der Waals surface area contributed by atoms with E-state index in [0.29, 0.717) is 34.7 Å². The van der Waals surface area contributed by atoms with Crippen LogP contribution >= 0.6 is 11.3 Å². The second-order valence-corrected chi connectivity index (χ2v) is 11.8. The second-order valence-electron chi connectivity index (χ2n) is 10.9. The van der Waals surface area contributed by atoms with Crippen molar-refractivity contribution < 1.29 is 28.2 Å². The molecule has 2 atom stereocenters. The number of aromatic nitrogens is 1. The van der Waals surface area contributed by atoms with Gasteiger partial charge in [-0.05, 0) is 71.3 Å². The summed E-state index contributed by atoms with van der Waals surface area (Å²) in [5.41, 5.74) is 5.05. The van der Waals surface area contributed by atoms with Gasteiger partial charge in [0.1, 0.15) is 23.4 Å². The zero-order valence-corrected chi connectivity index (χ0v) is 24.7. The summed E-state index contributed by atoms with van der Waals surface area (Å²) < 4.78 is 28.0. The second kappa shape index (κ2) is 12.0. The maximum absolute atomic E-state index is 15.1. The van der Waals surface area contributed by atoms with E-state index in [2.05, 4.69) is 15.6 Å². The number of rotatable bonds is 1. The molecule has 3 aliphatic rings. The maximum Gasteiger partial charge on any atom is 0.258 e. The van der Waals surface area contributed by atoms with Gasteiger partial charge in [0, 0.05) is 18.7 Å². The average Bonchev–Trinajstić information content (AvgIpc) is 3.69. The molecule has 1 fully saturated rings. The minimum Gasteiger partial charge on any atom is -0.486 e. The molecule has 3 amide bonds. The van der Waals surface area contributed by atoms with E-state index < -0.39 is 23.9 Å². The van der Waals surface area contributed by atoms with E-state index in [1.807, 2.05) is 30.3 Å². The van der Waals surface area contributed by atoms with Crippen molar-refractivity contribution >= 4 is 39.3 Å². The number of carbonyl (C=O) groups is 3. The lowest BCUT2D eigenvalue weighted by atomic mass is 10.0. The highest BCUT2D eigenvalue weighted by atomic mass is 32.1. The van der Waals surface area contributed by atoms with E-state index in [9.17, 15) is 14.4 Å². The van der Waals surface area contributed by atoms with Crippen LogP contribution in [0.1, 0.15) is 26.3 Å². The molecule has 4 heterocycles. The molecule has 4 aromatic carbocycles. The highest BCUT2D eigenvalue weighted by molar-refractivity contribution is 7.16. The van der Waals surface area contributed by atoms with Crippen LogP contribution in [0.2, 0.25) is 0 Å². The predicted molar refractivity (Wildman–Crippen MR) is 167 cm³/mol. The SMILES string of the molecule is O=C1COc2cccc(c2)-c2ccc(F)c(c2)C(=O)N[C@H]2CN(C(=O)c3ccc4ncsc4c3)C[C@@H]2Oc2ccc(cc2)CN1. The highest BCUT2D eigenvalue weighted by Gasteiger charge is 2.39. The summed E-state index contributed by atoms with van der Waals surface area (Å²) in [5, 5.41) is 5.78. The molecule has 1 saturated heterocycles. The van der Waals surface area contributed by atoms with E-state index in [1.54, 1.807) is 52.9 Å². The minimum atomic E-state index is -0.681. The van der Waals surface area contributed by atoms with Crippen LogP contribution in [0.15, 0.2) is 90.4 Å². The summed E-state index contributed by atoms with van der Waals surface area (Å²) >= 11 is 1.45. The molecule has 0 spiro atoms. The van der Waals surface area contributed by atoms with Crippen molar-refractivity contribution in [3.63, 3.8) is 0 Å². The number of nitrogens with one attached hydrogen (secondary N) is 2. The normalized spacial score (nSPS) is 18.4. The number of hydrogen-bond donors (Lipinski definition) is 2. The van der Waals surface area contributed by atoms with Crippen LogP contribution in [0.4, 0.5) is 4.39 Å². The number of carbonyl (C=O) groups excluding carboxylic acids is 3.